The van der Waals surface area contributed by atoms with Crippen LogP contribution in [0.1, 0.15) is 23.0 Å². The maximum absolute atomic E-state index is 12.2. The fourth-order valence-corrected chi connectivity index (χ4v) is 3.04. The fourth-order valence-electron chi connectivity index (χ4n) is 3.04. The van der Waals surface area contributed by atoms with Crippen molar-refractivity contribution in [2.75, 3.05) is 18.7 Å². The van der Waals surface area contributed by atoms with Gasteiger partial charge in [-0.3, -0.25) is 9.59 Å². The van der Waals surface area contributed by atoms with Gasteiger partial charge in [0.05, 0.1) is 16.9 Å². The van der Waals surface area contributed by atoms with Crippen LogP contribution in [0.25, 0.3) is 17.0 Å². The van der Waals surface area contributed by atoms with Crippen LogP contribution in [0.3, 0.4) is 0 Å². The van der Waals surface area contributed by atoms with Crippen molar-refractivity contribution in [3.8, 4) is 11.5 Å². The summed E-state index contributed by atoms with van der Waals surface area (Å²) in [4.78, 5) is 40.5. The van der Waals surface area contributed by atoms with Crippen LogP contribution in [0.5, 0.6) is 11.5 Å². The minimum absolute atomic E-state index is 0.0418. The molecule has 0 atom stereocenters. The number of hydrogen-bond acceptors (Lipinski definition) is 7. The van der Waals surface area contributed by atoms with Gasteiger partial charge in [0.25, 0.3) is 5.91 Å². The lowest BCUT2D eigenvalue weighted by atomic mass is 10.1. The molecule has 0 fully saturated rings. The summed E-state index contributed by atoms with van der Waals surface area (Å²) in [6, 6.07) is 14.3. The van der Waals surface area contributed by atoms with Crippen molar-refractivity contribution >= 4 is 40.3 Å². The van der Waals surface area contributed by atoms with Crippen molar-refractivity contribution in [2.24, 2.45) is 0 Å². The Morgan fingerprint density at radius 2 is 1.87 bits per heavy atom. The number of pyridine rings is 1. The van der Waals surface area contributed by atoms with E-state index >= 15 is 0 Å². The van der Waals surface area contributed by atoms with Crippen LogP contribution in [-0.2, 0) is 14.3 Å². The van der Waals surface area contributed by atoms with E-state index in [1.165, 1.54) is 31.2 Å². The summed E-state index contributed by atoms with van der Waals surface area (Å²) < 4.78 is 15.5. The number of Topliss-reactive ketones (excluding diaryl/α,β-unsaturated/α-hetero) is 1. The van der Waals surface area contributed by atoms with Gasteiger partial charge in [0, 0.05) is 23.1 Å². The monoisotopic (exact) mass is 418 g/mol. The van der Waals surface area contributed by atoms with Crippen LogP contribution in [0.2, 0.25) is 0 Å². The fraction of sp³-hybridized carbons (Fsp3) is 0.130. The van der Waals surface area contributed by atoms with E-state index in [4.69, 9.17) is 14.2 Å². The molecule has 1 N–H and O–H groups in total. The number of aromatic nitrogens is 1. The summed E-state index contributed by atoms with van der Waals surface area (Å²) in [6.45, 7) is 0.902. The van der Waals surface area contributed by atoms with Crippen LogP contribution in [0, 0.1) is 0 Å². The van der Waals surface area contributed by atoms with Crippen molar-refractivity contribution in [3.63, 3.8) is 0 Å². The molecule has 1 aliphatic rings. The Labute approximate surface area is 177 Å². The predicted octanol–water partition coefficient (Wildman–Crippen LogP) is 3.36. The third-order valence-electron chi connectivity index (χ3n) is 4.52. The summed E-state index contributed by atoms with van der Waals surface area (Å²) in [5.41, 5.74) is 1.92. The number of benzene rings is 2. The molecular formula is C23H18N2O6. The standard InChI is InChI=1S/C23H18N2O6/c1-14(26)17-10-20-21(31-13-30-20)11-19(17)25-22(27)12-29-23(28)9-8-16-7-6-15-4-2-3-5-18(15)24-16/h2-11H,12-13H2,1H3,(H,25,27)/b9-8+. The summed E-state index contributed by atoms with van der Waals surface area (Å²) in [6.07, 6.45) is 2.71. The number of ether oxygens (including phenoxy) is 3. The van der Waals surface area contributed by atoms with E-state index < -0.39 is 18.5 Å². The molecule has 0 saturated heterocycles. The third kappa shape index (κ3) is 4.69. The number of amides is 1. The molecule has 1 aliphatic heterocycles. The summed E-state index contributed by atoms with van der Waals surface area (Å²) in [7, 11) is 0. The first-order valence-corrected chi connectivity index (χ1v) is 9.44. The van der Waals surface area contributed by atoms with Gasteiger partial charge in [0.2, 0.25) is 6.79 Å². The average Bonchev–Trinajstić information content (AvgIpc) is 3.23. The van der Waals surface area contributed by atoms with E-state index in [1.54, 1.807) is 6.07 Å². The highest BCUT2D eigenvalue weighted by Gasteiger charge is 2.20. The zero-order chi connectivity index (χ0) is 21.8. The van der Waals surface area contributed by atoms with Gasteiger partial charge in [-0.2, -0.15) is 0 Å². The Balaban J connectivity index is 1.36. The smallest absolute Gasteiger partial charge is 0.331 e. The number of hydrogen-bond donors (Lipinski definition) is 1. The van der Waals surface area contributed by atoms with E-state index in [-0.39, 0.29) is 23.8 Å². The molecule has 2 heterocycles. The number of esters is 1. The second-order valence-electron chi connectivity index (χ2n) is 6.73. The van der Waals surface area contributed by atoms with E-state index in [9.17, 15) is 14.4 Å². The SMILES string of the molecule is CC(=O)c1cc2c(cc1NC(=O)COC(=O)/C=C/c1ccc3ccccc3n1)OCO2. The molecule has 0 radical (unpaired) electrons. The lowest BCUT2D eigenvalue weighted by Crippen LogP contribution is -2.21. The number of carbonyl (C=O) groups excluding carboxylic acids is 3. The van der Waals surface area contributed by atoms with Gasteiger partial charge in [-0.15, -0.1) is 0 Å². The molecular weight excluding hydrogens is 400 g/mol. The third-order valence-corrected chi connectivity index (χ3v) is 4.52. The molecule has 0 saturated carbocycles. The molecule has 4 rings (SSSR count). The molecule has 3 aromatic rings. The Morgan fingerprint density at radius 3 is 2.68 bits per heavy atom. The normalized spacial score (nSPS) is 12.2. The van der Waals surface area contributed by atoms with Crippen molar-refractivity contribution in [2.45, 2.75) is 6.92 Å². The van der Waals surface area contributed by atoms with Gasteiger partial charge in [-0.1, -0.05) is 24.3 Å². The van der Waals surface area contributed by atoms with Crippen LogP contribution in [-0.4, -0.2) is 36.0 Å². The van der Waals surface area contributed by atoms with Crippen molar-refractivity contribution in [3.05, 3.63) is 65.9 Å². The van der Waals surface area contributed by atoms with E-state index in [0.717, 1.165) is 10.9 Å². The second kappa shape index (κ2) is 8.66. The minimum Gasteiger partial charge on any atom is -0.454 e. The zero-order valence-electron chi connectivity index (χ0n) is 16.6. The lowest BCUT2D eigenvalue weighted by Gasteiger charge is -2.10. The Hall–Kier alpha value is -4.20. The van der Waals surface area contributed by atoms with Gasteiger partial charge in [-0.25, -0.2) is 9.78 Å². The summed E-state index contributed by atoms with van der Waals surface area (Å²) in [5, 5.41) is 3.55. The summed E-state index contributed by atoms with van der Waals surface area (Å²) >= 11 is 0. The van der Waals surface area contributed by atoms with Gasteiger partial charge in [0.1, 0.15) is 0 Å². The van der Waals surface area contributed by atoms with Crippen LogP contribution < -0.4 is 14.8 Å². The number of fused-ring (bicyclic) bond motifs is 2. The topological polar surface area (TPSA) is 104 Å². The number of carbonyl (C=O) groups is 3. The first-order valence-electron chi connectivity index (χ1n) is 9.44. The molecule has 2 aromatic carbocycles. The van der Waals surface area contributed by atoms with Gasteiger partial charge < -0.3 is 19.5 Å². The lowest BCUT2D eigenvalue weighted by molar-refractivity contribution is -0.142. The number of anilines is 1. The first kappa shape index (κ1) is 20.1. The number of para-hydroxylation sites is 1. The Morgan fingerprint density at radius 1 is 1.10 bits per heavy atom. The predicted molar refractivity (Wildman–Crippen MR) is 113 cm³/mol. The molecule has 0 unspecified atom stereocenters. The highest BCUT2D eigenvalue weighted by Crippen LogP contribution is 2.37. The van der Waals surface area contributed by atoms with E-state index in [1.807, 2.05) is 30.3 Å². The average molecular weight is 418 g/mol. The first-order chi connectivity index (χ1) is 15.0. The molecule has 8 heteroatoms. The van der Waals surface area contributed by atoms with Crippen LogP contribution in [0.4, 0.5) is 5.69 Å². The van der Waals surface area contributed by atoms with Gasteiger partial charge in [0.15, 0.2) is 23.9 Å². The molecule has 0 bridgehead atoms. The van der Waals surface area contributed by atoms with Crippen molar-refractivity contribution in [1.29, 1.82) is 0 Å². The molecule has 8 nitrogen and oxygen atoms in total. The quantitative estimate of drug-likeness (QED) is 0.372. The second-order valence-corrected chi connectivity index (χ2v) is 6.73. The minimum atomic E-state index is -0.692. The number of nitrogens with one attached hydrogen (secondary N) is 1. The number of ketones is 1. The highest BCUT2D eigenvalue weighted by atomic mass is 16.7. The van der Waals surface area contributed by atoms with Crippen LogP contribution >= 0.6 is 0 Å². The maximum atomic E-state index is 12.2. The molecule has 156 valence electrons. The summed E-state index contributed by atoms with van der Waals surface area (Å²) in [5.74, 6) is -0.684. The number of nitrogens with zero attached hydrogens (tertiary/aromatic N) is 1. The molecule has 1 aromatic heterocycles. The van der Waals surface area contributed by atoms with Gasteiger partial charge >= 0.3 is 5.97 Å². The number of rotatable bonds is 6. The molecule has 1 amide bonds. The molecule has 31 heavy (non-hydrogen) atoms. The highest BCUT2D eigenvalue weighted by molar-refractivity contribution is 6.05. The Kier molecular flexibility index (Phi) is 5.61. The molecule has 0 aliphatic carbocycles. The largest absolute Gasteiger partial charge is 0.454 e. The van der Waals surface area contributed by atoms with Crippen LogP contribution in [0.15, 0.2) is 54.6 Å². The van der Waals surface area contributed by atoms with Crippen molar-refractivity contribution < 1.29 is 28.6 Å². The molecule has 0 spiro atoms. The van der Waals surface area contributed by atoms with Gasteiger partial charge in [-0.05, 0) is 31.2 Å². The van der Waals surface area contributed by atoms with Crippen molar-refractivity contribution in [1.82, 2.24) is 4.98 Å². The van der Waals surface area contributed by atoms with E-state index in [0.29, 0.717) is 17.2 Å². The maximum Gasteiger partial charge on any atom is 0.331 e. The zero-order valence-corrected chi connectivity index (χ0v) is 16.6. The Bertz CT molecular complexity index is 1220. The van der Waals surface area contributed by atoms with E-state index in [2.05, 4.69) is 10.3 Å².